The third kappa shape index (κ3) is 10.1. The molecule has 0 amide bonds. The molecule has 0 saturated heterocycles. The molecule has 0 fully saturated rings. The predicted molar refractivity (Wildman–Crippen MR) is 66.5 cm³/mol. The Balaban J connectivity index is 3.36. The van der Waals surface area contributed by atoms with Gasteiger partial charge in [-0.15, -0.1) is 0 Å². The Morgan fingerprint density at radius 3 is 1.93 bits per heavy atom. The highest BCUT2D eigenvalue weighted by Gasteiger charge is 2.10. The van der Waals surface area contributed by atoms with E-state index in [9.17, 15) is 0 Å². The van der Waals surface area contributed by atoms with Gasteiger partial charge in [0.1, 0.15) is 0 Å². The van der Waals surface area contributed by atoms with E-state index in [1.807, 2.05) is 0 Å². The monoisotopic (exact) mass is 198 g/mol. The maximum absolute atomic E-state index is 2.40. The molecule has 0 nitrogen and oxygen atoms in total. The Kier molecular flexibility index (Phi) is 6.48. The van der Waals surface area contributed by atoms with Gasteiger partial charge in [-0.2, -0.15) is 0 Å². The van der Waals surface area contributed by atoms with Crippen molar-refractivity contribution in [3.63, 3.8) is 0 Å². The van der Waals surface area contributed by atoms with Gasteiger partial charge < -0.3 is 0 Å². The standard InChI is InChI=1S/C14H30/c1-12(2)11-13(3)9-7-8-10-14(4,5)6/h12-13H,7-11H2,1-6H3. The molecule has 1 atom stereocenters. The zero-order valence-corrected chi connectivity index (χ0v) is 11.2. The Morgan fingerprint density at radius 2 is 1.50 bits per heavy atom. The van der Waals surface area contributed by atoms with E-state index in [0.29, 0.717) is 5.41 Å². The highest BCUT2D eigenvalue weighted by Crippen LogP contribution is 2.24. The van der Waals surface area contributed by atoms with Crippen molar-refractivity contribution >= 4 is 0 Å². The first kappa shape index (κ1) is 14.0. The van der Waals surface area contributed by atoms with Gasteiger partial charge in [0.2, 0.25) is 0 Å². The van der Waals surface area contributed by atoms with Crippen LogP contribution >= 0.6 is 0 Å². The fourth-order valence-corrected chi connectivity index (χ4v) is 2.07. The minimum absolute atomic E-state index is 0.529. The third-order valence-electron chi connectivity index (χ3n) is 2.75. The highest BCUT2D eigenvalue weighted by molar-refractivity contribution is 4.62. The smallest absolute Gasteiger partial charge is 0.0383 e. The second kappa shape index (κ2) is 6.48. The SMILES string of the molecule is CC(C)CC(C)CCCCC(C)(C)C. The van der Waals surface area contributed by atoms with E-state index in [2.05, 4.69) is 41.5 Å². The Hall–Kier alpha value is 0. The van der Waals surface area contributed by atoms with Gasteiger partial charge >= 0.3 is 0 Å². The lowest BCUT2D eigenvalue weighted by Gasteiger charge is -2.19. The average Bonchev–Trinajstić information content (AvgIpc) is 1.95. The van der Waals surface area contributed by atoms with Gasteiger partial charge in [0.25, 0.3) is 0 Å². The maximum Gasteiger partial charge on any atom is -0.0383 e. The van der Waals surface area contributed by atoms with Crippen LogP contribution in [0.2, 0.25) is 0 Å². The van der Waals surface area contributed by atoms with E-state index >= 15 is 0 Å². The molecule has 0 aliphatic heterocycles. The van der Waals surface area contributed by atoms with Gasteiger partial charge in [-0.05, 0) is 30.1 Å². The first-order valence-corrected chi connectivity index (χ1v) is 6.31. The normalized spacial score (nSPS) is 14.8. The number of hydrogen-bond acceptors (Lipinski definition) is 0. The Bertz CT molecular complexity index is 127. The van der Waals surface area contributed by atoms with Crippen LogP contribution < -0.4 is 0 Å². The topological polar surface area (TPSA) is 0 Å². The van der Waals surface area contributed by atoms with Crippen molar-refractivity contribution < 1.29 is 0 Å². The van der Waals surface area contributed by atoms with Gasteiger partial charge in [0.15, 0.2) is 0 Å². The Morgan fingerprint density at radius 1 is 0.929 bits per heavy atom. The minimum Gasteiger partial charge on any atom is -0.0628 e. The van der Waals surface area contributed by atoms with Crippen molar-refractivity contribution in [3.05, 3.63) is 0 Å². The molecule has 0 aliphatic carbocycles. The second-order valence-electron chi connectivity index (χ2n) is 6.54. The first-order valence-electron chi connectivity index (χ1n) is 6.31. The minimum atomic E-state index is 0.529. The summed E-state index contributed by atoms with van der Waals surface area (Å²) in [6, 6.07) is 0. The van der Waals surface area contributed by atoms with Crippen LogP contribution in [0.4, 0.5) is 0 Å². The molecule has 0 saturated carbocycles. The lowest BCUT2D eigenvalue weighted by Crippen LogP contribution is -2.05. The molecule has 0 heterocycles. The molecule has 0 rings (SSSR count). The van der Waals surface area contributed by atoms with Gasteiger partial charge in [-0.3, -0.25) is 0 Å². The largest absolute Gasteiger partial charge is 0.0628 e. The molecular weight excluding hydrogens is 168 g/mol. The van der Waals surface area contributed by atoms with Crippen LogP contribution in [0.3, 0.4) is 0 Å². The summed E-state index contributed by atoms with van der Waals surface area (Å²) in [7, 11) is 0. The van der Waals surface area contributed by atoms with Crippen LogP contribution in [0.1, 0.15) is 73.6 Å². The summed E-state index contributed by atoms with van der Waals surface area (Å²) in [6.07, 6.45) is 7.03. The molecule has 0 heteroatoms. The quantitative estimate of drug-likeness (QED) is 0.510. The van der Waals surface area contributed by atoms with Crippen molar-refractivity contribution in [1.82, 2.24) is 0 Å². The molecule has 0 aromatic rings. The highest BCUT2D eigenvalue weighted by atomic mass is 14.2. The third-order valence-corrected chi connectivity index (χ3v) is 2.75. The van der Waals surface area contributed by atoms with Crippen LogP contribution in [-0.4, -0.2) is 0 Å². The van der Waals surface area contributed by atoms with Crippen LogP contribution in [0.15, 0.2) is 0 Å². The number of rotatable bonds is 6. The summed E-state index contributed by atoms with van der Waals surface area (Å²) in [6.45, 7) is 14.1. The first-order chi connectivity index (χ1) is 6.31. The zero-order valence-electron chi connectivity index (χ0n) is 11.2. The van der Waals surface area contributed by atoms with Crippen molar-refractivity contribution in [2.24, 2.45) is 17.3 Å². The van der Waals surface area contributed by atoms with E-state index < -0.39 is 0 Å². The fraction of sp³-hybridized carbons (Fsp3) is 1.00. The molecular formula is C14H30. The van der Waals surface area contributed by atoms with Crippen molar-refractivity contribution in [3.8, 4) is 0 Å². The molecule has 0 aliphatic rings. The molecule has 0 aromatic carbocycles. The lowest BCUT2D eigenvalue weighted by molar-refractivity contribution is 0.339. The molecule has 0 aromatic heterocycles. The van der Waals surface area contributed by atoms with Crippen LogP contribution in [0.5, 0.6) is 0 Å². The Labute approximate surface area is 91.5 Å². The van der Waals surface area contributed by atoms with Crippen LogP contribution in [-0.2, 0) is 0 Å². The van der Waals surface area contributed by atoms with Crippen molar-refractivity contribution in [2.45, 2.75) is 73.6 Å². The molecule has 86 valence electrons. The average molecular weight is 198 g/mol. The molecule has 0 radical (unpaired) electrons. The summed E-state index contributed by atoms with van der Waals surface area (Å²) in [4.78, 5) is 0. The summed E-state index contributed by atoms with van der Waals surface area (Å²) < 4.78 is 0. The molecule has 0 bridgehead atoms. The fourth-order valence-electron chi connectivity index (χ4n) is 2.07. The summed E-state index contributed by atoms with van der Waals surface area (Å²) in [5, 5.41) is 0. The van der Waals surface area contributed by atoms with Crippen LogP contribution in [0, 0.1) is 17.3 Å². The molecule has 0 N–H and O–H groups in total. The van der Waals surface area contributed by atoms with Gasteiger partial charge in [-0.1, -0.05) is 60.8 Å². The van der Waals surface area contributed by atoms with E-state index in [4.69, 9.17) is 0 Å². The lowest BCUT2D eigenvalue weighted by atomic mass is 9.87. The van der Waals surface area contributed by atoms with Crippen molar-refractivity contribution in [2.75, 3.05) is 0 Å². The summed E-state index contributed by atoms with van der Waals surface area (Å²) in [5.41, 5.74) is 0.529. The maximum atomic E-state index is 2.40. The summed E-state index contributed by atoms with van der Waals surface area (Å²) >= 11 is 0. The molecule has 14 heavy (non-hydrogen) atoms. The number of hydrogen-bond donors (Lipinski definition) is 0. The second-order valence-corrected chi connectivity index (χ2v) is 6.54. The van der Waals surface area contributed by atoms with Crippen molar-refractivity contribution in [1.29, 1.82) is 0 Å². The predicted octanol–water partition coefficient (Wildman–Crippen LogP) is 5.28. The van der Waals surface area contributed by atoms with E-state index in [1.54, 1.807) is 0 Å². The molecule has 1 unspecified atom stereocenters. The van der Waals surface area contributed by atoms with E-state index in [-0.39, 0.29) is 0 Å². The van der Waals surface area contributed by atoms with E-state index in [1.165, 1.54) is 32.1 Å². The van der Waals surface area contributed by atoms with Gasteiger partial charge in [0.05, 0.1) is 0 Å². The van der Waals surface area contributed by atoms with Gasteiger partial charge in [-0.25, -0.2) is 0 Å². The zero-order chi connectivity index (χ0) is 11.2. The number of unbranched alkanes of at least 4 members (excludes halogenated alkanes) is 1. The van der Waals surface area contributed by atoms with Gasteiger partial charge in [0, 0.05) is 0 Å². The van der Waals surface area contributed by atoms with Crippen LogP contribution in [0.25, 0.3) is 0 Å². The molecule has 0 spiro atoms. The van der Waals surface area contributed by atoms with E-state index in [0.717, 1.165) is 11.8 Å². The summed E-state index contributed by atoms with van der Waals surface area (Å²) in [5.74, 6) is 1.79.